The Morgan fingerprint density at radius 2 is 1.82 bits per heavy atom. The maximum absolute atomic E-state index is 13.2. The maximum Gasteiger partial charge on any atom is 0.406 e. The van der Waals surface area contributed by atoms with Crippen molar-refractivity contribution in [3.05, 3.63) is 42.2 Å². The van der Waals surface area contributed by atoms with Crippen LogP contribution < -0.4 is 20.7 Å². The second kappa shape index (κ2) is 11.6. The van der Waals surface area contributed by atoms with E-state index in [1.807, 2.05) is 0 Å². The topological polar surface area (TPSA) is 72.6 Å². The summed E-state index contributed by atoms with van der Waals surface area (Å²) in [6, 6.07) is 8.02. The molecule has 1 heterocycles. The molecule has 3 N–H and O–H groups in total. The van der Waals surface area contributed by atoms with E-state index in [-0.39, 0.29) is 24.7 Å². The van der Waals surface area contributed by atoms with Crippen LogP contribution in [0.4, 0.5) is 39.0 Å². The van der Waals surface area contributed by atoms with E-state index in [0.29, 0.717) is 23.7 Å². The lowest BCUT2D eigenvalue weighted by Gasteiger charge is -2.27. The van der Waals surface area contributed by atoms with E-state index in [0.717, 1.165) is 10.9 Å². The van der Waals surface area contributed by atoms with Gasteiger partial charge in [0.05, 0.1) is 23.3 Å². The fraction of sp³-hybridized carbons (Fsp3) is 0.476. The molecule has 0 fully saturated rings. The molecule has 1 aromatic heterocycles. The molecule has 33 heavy (non-hydrogen) atoms. The molecular formula is C21H29F5N4O2Si. The molecule has 2 rings (SSSR count). The predicted octanol–water partition coefficient (Wildman–Crippen LogP) is 5.57. The molecule has 2 aromatic rings. The molecule has 6 nitrogen and oxygen atoms in total. The lowest BCUT2D eigenvalue weighted by Crippen LogP contribution is -2.36. The van der Waals surface area contributed by atoms with Crippen molar-refractivity contribution in [2.24, 2.45) is 5.73 Å². The molecule has 0 atom stereocenters. The van der Waals surface area contributed by atoms with Gasteiger partial charge in [0.15, 0.2) is 0 Å². The number of hydrogen-bond donors (Lipinski definition) is 2. The monoisotopic (exact) mass is 492 g/mol. The molecule has 0 radical (unpaired) electrons. The Bertz CT molecular complexity index is 876. The number of pyridine rings is 1. The van der Waals surface area contributed by atoms with E-state index in [4.69, 9.17) is 10.5 Å². The fourth-order valence-electron chi connectivity index (χ4n) is 2.78. The number of alkyl halides is 5. The summed E-state index contributed by atoms with van der Waals surface area (Å²) in [6.45, 7) is 2.49. The molecule has 0 aliphatic carbocycles. The summed E-state index contributed by atoms with van der Waals surface area (Å²) in [6.07, 6.45) is -3.12. The van der Waals surface area contributed by atoms with Gasteiger partial charge in [-0.05, 0) is 36.4 Å². The first kappa shape index (κ1) is 26.8. The van der Waals surface area contributed by atoms with Crippen molar-refractivity contribution < 1.29 is 31.4 Å². The van der Waals surface area contributed by atoms with E-state index < -0.39 is 27.4 Å². The second-order valence-corrected chi connectivity index (χ2v) is 14.2. The quantitative estimate of drug-likeness (QED) is 0.175. The molecule has 1 aromatic carbocycles. The lowest BCUT2D eigenvalue weighted by molar-refractivity contribution is -0.122. The first-order chi connectivity index (χ1) is 15.4. The molecule has 184 valence electrons. The number of nitrogens with one attached hydrogen (secondary N) is 1. The molecule has 0 bridgehead atoms. The van der Waals surface area contributed by atoms with Crippen molar-refractivity contribution in [2.75, 3.05) is 30.1 Å². The summed E-state index contributed by atoms with van der Waals surface area (Å²) >= 11 is 0. The lowest BCUT2D eigenvalue weighted by atomic mass is 10.2. The zero-order chi connectivity index (χ0) is 24.6. The van der Waals surface area contributed by atoms with Crippen LogP contribution in [0.1, 0.15) is 5.69 Å². The van der Waals surface area contributed by atoms with Crippen LogP contribution in [0, 0.1) is 0 Å². The highest BCUT2D eigenvalue weighted by Crippen LogP contribution is 2.28. The number of rotatable bonds is 12. The molecule has 0 aliphatic heterocycles. The van der Waals surface area contributed by atoms with Crippen LogP contribution >= 0.6 is 0 Å². The van der Waals surface area contributed by atoms with Gasteiger partial charge in [0.2, 0.25) is 0 Å². The van der Waals surface area contributed by atoms with Crippen molar-refractivity contribution in [1.29, 1.82) is 0 Å². The first-order valence-electron chi connectivity index (χ1n) is 10.3. The van der Waals surface area contributed by atoms with Gasteiger partial charge in [-0.25, -0.2) is 0 Å². The van der Waals surface area contributed by atoms with Crippen molar-refractivity contribution in [2.45, 2.75) is 45.0 Å². The van der Waals surface area contributed by atoms with Gasteiger partial charge >= 0.3 is 12.8 Å². The first-order valence-corrected chi connectivity index (χ1v) is 14.0. The van der Waals surface area contributed by atoms with E-state index in [1.54, 1.807) is 0 Å². The third-order valence-electron chi connectivity index (χ3n) is 4.49. The molecular weight excluding hydrogens is 463 g/mol. The number of anilines is 3. The Morgan fingerprint density at radius 1 is 1.15 bits per heavy atom. The molecule has 0 amide bonds. The minimum Gasteiger partial charge on any atom is -0.435 e. The van der Waals surface area contributed by atoms with Crippen LogP contribution in [0.15, 0.2) is 36.5 Å². The number of halogens is 5. The maximum atomic E-state index is 13.2. The molecule has 0 unspecified atom stereocenters. The Hall–Kier alpha value is -2.44. The molecule has 12 heteroatoms. The molecule has 0 saturated carbocycles. The van der Waals surface area contributed by atoms with Crippen LogP contribution in [-0.4, -0.2) is 45.7 Å². The predicted molar refractivity (Wildman–Crippen MR) is 121 cm³/mol. The number of benzene rings is 1. The van der Waals surface area contributed by atoms with Crippen molar-refractivity contribution in [1.82, 2.24) is 4.98 Å². The fourth-order valence-corrected chi connectivity index (χ4v) is 3.54. The van der Waals surface area contributed by atoms with Crippen LogP contribution in [0.2, 0.25) is 25.7 Å². The standard InChI is InChI=1S/C21H29F5N4O2Si/c1-33(2,3)9-8-31-14-30(13-21(24,25)26)16-10-18(19(11-27)28-12-16)29-15-4-6-17(7-5-15)32-20(22)23/h4-7,10,12,20,29H,8-9,11,13-14,27H2,1-3H3. The number of hydrogen-bond acceptors (Lipinski definition) is 6. The minimum absolute atomic E-state index is 0.0201. The van der Waals surface area contributed by atoms with Gasteiger partial charge in [-0.1, -0.05) is 19.6 Å². The van der Waals surface area contributed by atoms with Crippen molar-refractivity contribution in [3.8, 4) is 5.75 Å². The van der Waals surface area contributed by atoms with E-state index >= 15 is 0 Å². The average Bonchev–Trinajstić information content (AvgIpc) is 2.70. The average molecular weight is 493 g/mol. The highest BCUT2D eigenvalue weighted by atomic mass is 28.3. The van der Waals surface area contributed by atoms with Gasteiger partial charge in [-0.3, -0.25) is 4.98 Å². The van der Waals surface area contributed by atoms with Gasteiger partial charge in [0.1, 0.15) is 19.0 Å². The van der Waals surface area contributed by atoms with Crippen molar-refractivity contribution >= 4 is 25.1 Å². The molecule has 0 spiro atoms. The van der Waals surface area contributed by atoms with Crippen molar-refractivity contribution in [3.63, 3.8) is 0 Å². The summed E-state index contributed by atoms with van der Waals surface area (Å²) in [7, 11) is -1.39. The Morgan fingerprint density at radius 3 is 2.36 bits per heavy atom. The highest BCUT2D eigenvalue weighted by Gasteiger charge is 2.31. The summed E-state index contributed by atoms with van der Waals surface area (Å²) in [5, 5.41) is 3.02. The van der Waals surface area contributed by atoms with Crippen LogP contribution in [-0.2, 0) is 11.3 Å². The van der Waals surface area contributed by atoms with Crippen LogP contribution in [0.5, 0.6) is 5.75 Å². The zero-order valence-corrected chi connectivity index (χ0v) is 19.8. The smallest absolute Gasteiger partial charge is 0.406 e. The van der Waals surface area contributed by atoms with Gasteiger partial charge in [0.25, 0.3) is 0 Å². The van der Waals surface area contributed by atoms with E-state index in [2.05, 4.69) is 34.7 Å². The normalized spacial score (nSPS) is 12.2. The summed E-state index contributed by atoms with van der Waals surface area (Å²) in [5.41, 5.74) is 7.26. The van der Waals surface area contributed by atoms with Gasteiger partial charge < -0.3 is 25.4 Å². The SMILES string of the molecule is C[Si](C)(C)CCOCN(CC(F)(F)F)c1cnc(CN)c(Nc2ccc(OC(F)F)cc2)c1. The highest BCUT2D eigenvalue weighted by molar-refractivity contribution is 6.76. The summed E-state index contributed by atoms with van der Waals surface area (Å²) in [4.78, 5) is 5.26. The van der Waals surface area contributed by atoms with Gasteiger partial charge in [0, 0.05) is 26.9 Å². The van der Waals surface area contributed by atoms with E-state index in [9.17, 15) is 22.0 Å². The van der Waals surface area contributed by atoms with Gasteiger partial charge in [-0.2, -0.15) is 22.0 Å². The number of nitrogens with two attached hydrogens (primary N) is 1. The minimum atomic E-state index is -4.44. The largest absolute Gasteiger partial charge is 0.435 e. The summed E-state index contributed by atoms with van der Waals surface area (Å²) < 4.78 is 74.1. The third kappa shape index (κ3) is 9.92. The zero-order valence-electron chi connectivity index (χ0n) is 18.8. The Kier molecular flexibility index (Phi) is 9.43. The number of nitrogens with zero attached hydrogens (tertiary/aromatic N) is 2. The Labute approximate surface area is 190 Å². The van der Waals surface area contributed by atoms with Crippen LogP contribution in [0.3, 0.4) is 0 Å². The summed E-state index contributed by atoms with van der Waals surface area (Å²) in [5.74, 6) is -0.0201. The third-order valence-corrected chi connectivity index (χ3v) is 6.19. The number of aromatic nitrogens is 1. The molecule has 0 aliphatic rings. The van der Waals surface area contributed by atoms with Crippen LogP contribution in [0.25, 0.3) is 0 Å². The molecule has 0 saturated heterocycles. The van der Waals surface area contributed by atoms with Gasteiger partial charge in [-0.15, -0.1) is 0 Å². The number of ether oxygens (including phenoxy) is 2. The second-order valence-electron chi connectivity index (χ2n) is 8.58. The van der Waals surface area contributed by atoms with E-state index in [1.165, 1.54) is 36.5 Å². The Balaban J connectivity index is 2.21.